The Morgan fingerprint density at radius 1 is 1.30 bits per heavy atom. The normalized spacial score (nSPS) is 14.1. The third kappa shape index (κ3) is 6.19. The van der Waals surface area contributed by atoms with Crippen LogP contribution in [0, 0.1) is 0 Å². The molecule has 1 rings (SSSR count). The van der Waals surface area contributed by atoms with Gasteiger partial charge in [0.2, 0.25) is 0 Å². The maximum Gasteiger partial charge on any atom is 0.130 e. The van der Waals surface area contributed by atoms with Crippen LogP contribution in [-0.2, 0) is 6.61 Å². The van der Waals surface area contributed by atoms with Gasteiger partial charge >= 0.3 is 0 Å². The molecule has 20 heavy (non-hydrogen) atoms. The summed E-state index contributed by atoms with van der Waals surface area (Å²) >= 11 is 0. The number of rotatable bonds is 9. The monoisotopic (exact) mass is 280 g/mol. The number of aliphatic hydroxyl groups is 3. The Hall–Kier alpha value is -1.36. The topological polar surface area (TPSA) is 73.8 Å². The first-order valence-corrected chi connectivity index (χ1v) is 7.04. The molecule has 1 aromatic heterocycles. The van der Waals surface area contributed by atoms with Crippen LogP contribution in [0.3, 0.4) is 0 Å². The Morgan fingerprint density at radius 2 is 2.10 bits per heavy atom. The van der Waals surface area contributed by atoms with E-state index >= 15 is 0 Å². The van der Waals surface area contributed by atoms with E-state index in [1.807, 2.05) is 12.1 Å². The molecule has 0 radical (unpaired) electrons. The van der Waals surface area contributed by atoms with Gasteiger partial charge < -0.3 is 19.7 Å². The van der Waals surface area contributed by atoms with E-state index in [4.69, 9.17) is 14.6 Å². The lowest BCUT2D eigenvalue weighted by Gasteiger charge is -2.08. The minimum Gasteiger partial charge on any atom is -0.459 e. The van der Waals surface area contributed by atoms with Crippen molar-refractivity contribution in [3.8, 4) is 0 Å². The molecule has 0 unspecified atom stereocenters. The third-order valence-corrected chi connectivity index (χ3v) is 2.98. The summed E-state index contributed by atoms with van der Waals surface area (Å²) in [5.74, 6) is 1.29. The number of aliphatic hydroxyl groups excluding tert-OH is 3. The van der Waals surface area contributed by atoms with Crippen LogP contribution in [0.5, 0.6) is 0 Å². The van der Waals surface area contributed by atoms with Crippen LogP contribution in [0.2, 0.25) is 0 Å². The molecule has 0 fully saturated rings. The van der Waals surface area contributed by atoms with Crippen LogP contribution in [-0.4, -0.2) is 28.0 Å². The van der Waals surface area contributed by atoms with Crippen molar-refractivity contribution in [2.75, 3.05) is 6.61 Å². The Morgan fingerprint density at radius 3 is 2.70 bits per heavy atom. The molecule has 1 heterocycles. The fourth-order valence-corrected chi connectivity index (χ4v) is 2.00. The molecule has 3 N–H and O–H groups in total. The van der Waals surface area contributed by atoms with Crippen molar-refractivity contribution >= 4 is 6.08 Å². The highest BCUT2D eigenvalue weighted by atomic mass is 16.4. The summed E-state index contributed by atoms with van der Waals surface area (Å²) in [4.78, 5) is 0. The van der Waals surface area contributed by atoms with Gasteiger partial charge in [-0.05, 0) is 37.5 Å². The smallest absolute Gasteiger partial charge is 0.130 e. The van der Waals surface area contributed by atoms with Gasteiger partial charge in [0.05, 0.1) is 12.7 Å². The summed E-state index contributed by atoms with van der Waals surface area (Å²) in [6, 6.07) is 3.59. The van der Waals surface area contributed by atoms with Gasteiger partial charge in [0.1, 0.15) is 18.1 Å². The molecule has 1 atom stereocenters. The van der Waals surface area contributed by atoms with Crippen molar-refractivity contribution in [1.82, 2.24) is 0 Å². The first-order valence-electron chi connectivity index (χ1n) is 7.04. The van der Waals surface area contributed by atoms with Crippen LogP contribution < -0.4 is 0 Å². The molecule has 112 valence electrons. The van der Waals surface area contributed by atoms with Gasteiger partial charge in [-0.3, -0.25) is 0 Å². The summed E-state index contributed by atoms with van der Waals surface area (Å²) < 4.78 is 5.45. The Kier molecular flexibility index (Phi) is 7.95. The van der Waals surface area contributed by atoms with Crippen molar-refractivity contribution in [1.29, 1.82) is 0 Å². The van der Waals surface area contributed by atoms with E-state index in [0.29, 0.717) is 12.2 Å². The predicted octanol–water partition coefficient (Wildman–Crippen LogP) is 2.65. The molecule has 0 bridgehead atoms. The van der Waals surface area contributed by atoms with Crippen molar-refractivity contribution in [2.45, 2.75) is 45.3 Å². The van der Waals surface area contributed by atoms with Gasteiger partial charge in [0.15, 0.2) is 0 Å². The van der Waals surface area contributed by atoms with E-state index in [0.717, 1.165) is 25.0 Å². The lowest BCUT2D eigenvalue weighted by molar-refractivity contribution is 0.211. The van der Waals surface area contributed by atoms with Crippen molar-refractivity contribution < 1.29 is 19.7 Å². The number of hydrogen-bond acceptors (Lipinski definition) is 4. The molecular weight excluding hydrogens is 256 g/mol. The molecule has 0 aliphatic rings. The maximum atomic E-state index is 9.72. The summed E-state index contributed by atoms with van der Waals surface area (Å²) in [5, 5.41) is 27.4. The zero-order valence-corrected chi connectivity index (χ0v) is 12.0. The lowest BCUT2D eigenvalue weighted by Crippen LogP contribution is -2.03. The average Bonchev–Trinajstić information content (AvgIpc) is 2.90. The molecule has 0 aliphatic carbocycles. The molecule has 0 saturated heterocycles. The van der Waals surface area contributed by atoms with Gasteiger partial charge in [-0.1, -0.05) is 31.1 Å². The van der Waals surface area contributed by atoms with Gasteiger partial charge in [0.25, 0.3) is 0 Å². The average molecular weight is 280 g/mol. The minimum atomic E-state index is -0.535. The number of allylic oxidation sites excluding steroid dienone is 1. The van der Waals surface area contributed by atoms with E-state index in [1.165, 1.54) is 5.57 Å². The largest absolute Gasteiger partial charge is 0.459 e. The number of furan rings is 1. The lowest BCUT2D eigenvalue weighted by atomic mass is 10.0. The van der Waals surface area contributed by atoms with Crippen LogP contribution in [0.25, 0.3) is 6.08 Å². The minimum absolute atomic E-state index is 0.0505. The Bertz CT molecular complexity index is 431. The molecule has 0 spiro atoms. The predicted molar refractivity (Wildman–Crippen MR) is 79.0 cm³/mol. The molecular formula is C16H24O4. The summed E-state index contributed by atoms with van der Waals surface area (Å²) in [7, 11) is 0. The zero-order valence-electron chi connectivity index (χ0n) is 12.0. The number of hydrogen-bond donors (Lipinski definition) is 3. The van der Waals surface area contributed by atoms with Gasteiger partial charge in [-0.2, -0.15) is 0 Å². The van der Waals surface area contributed by atoms with Crippen LogP contribution >= 0.6 is 0 Å². The molecule has 0 aromatic carbocycles. The second-order valence-corrected chi connectivity index (χ2v) is 4.73. The molecule has 4 heteroatoms. The Balaban J connectivity index is 2.61. The zero-order chi connectivity index (χ0) is 14.8. The summed E-state index contributed by atoms with van der Waals surface area (Å²) in [6.45, 7) is 1.96. The van der Waals surface area contributed by atoms with E-state index < -0.39 is 6.10 Å². The first kappa shape index (κ1) is 16.7. The first-order chi connectivity index (χ1) is 9.69. The highest BCUT2D eigenvalue weighted by molar-refractivity contribution is 5.47. The molecule has 0 saturated carbocycles. The van der Waals surface area contributed by atoms with Crippen LogP contribution in [0.1, 0.15) is 44.1 Å². The van der Waals surface area contributed by atoms with Crippen LogP contribution in [0.15, 0.2) is 34.3 Å². The van der Waals surface area contributed by atoms with E-state index in [2.05, 4.69) is 6.92 Å². The summed E-state index contributed by atoms with van der Waals surface area (Å²) in [6.07, 6.45) is 7.98. The third-order valence-electron chi connectivity index (χ3n) is 2.98. The SMILES string of the molecule is CCC/C(=C\c1ccc(CO)o1)CC[C@@H](O)/C=C\CO. The van der Waals surface area contributed by atoms with E-state index in [9.17, 15) is 5.11 Å². The maximum absolute atomic E-state index is 9.72. The molecule has 0 aliphatic heterocycles. The Labute approximate surface area is 120 Å². The standard InChI is InChI=1S/C16H24O4/c1-2-4-13(6-7-14(19)5-3-10-17)11-15-8-9-16(12-18)20-15/h3,5,8-9,11,14,17-19H,2,4,6-7,10,12H2,1H3/b5-3-,13-11+/t14-/m0/s1. The quantitative estimate of drug-likeness (QED) is 0.608. The fourth-order valence-electron chi connectivity index (χ4n) is 2.00. The van der Waals surface area contributed by atoms with Crippen LogP contribution in [0.4, 0.5) is 0 Å². The van der Waals surface area contributed by atoms with Crippen molar-refractivity contribution in [3.63, 3.8) is 0 Å². The van der Waals surface area contributed by atoms with Gasteiger partial charge in [-0.25, -0.2) is 0 Å². The summed E-state index contributed by atoms with van der Waals surface area (Å²) in [5.41, 5.74) is 1.21. The fraction of sp³-hybridized carbons (Fsp3) is 0.500. The highest BCUT2D eigenvalue weighted by Gasteiger charge is 2.05. The highest BCUT2D eigenvalue weighted by Crippen LogP contribution is 2.19. The molecule has 0 amide bonds. The molecule has 4 nitrogen and oxygen atoms in total. The second kappa shape index (κ2) is 9.53. The molecule has 1 aromatic rings. The van der Waals surface area contributed by atoms with Gasteiger partial charge in [-0.15, -0.1) is 0 Å². The van der Waals surface area contributed by atoms with E-state index in [1.54, 1.807) is 18.2 Å². The van der Waals surface area contributed by atoms with Gasteiger partial charge in [0, 0.05) is 0 Å². The van der Waals surface area contributed by atoms with Crippen molar-refractivity contribution in [3.05, 3.63) is 41.4 Å². The van der Waals surface area contributed by atoms with E-state index in [-0.39, 0.29) is 13.2 Å². The second-order valence-electron chi connectivity index (χ2n) is 4.73. The van der Waals surface area contributed by atoms with Crippen molar-refractivity contribution in [2.24, 2.45) is 0 Å².